The molecule has 1 aliphatic heterocycles. The lowest BCUT2D eigenvalue weighted by Crippen LogP contribution is -2.31. The Morgan fingerprint density at radius 3 is 2.67 bits per heavy atom. The molecule has 1 saturated heterocycles. The van der Waals surface area contributed by atoms with E-state index in [-0.39, 0.29) is 12.1 Å². The van der Waals surface area contributed by atoms with Gasteiger partial charge in [-0.15, -0.1) is 0 Å². The fraction of sp³-hybridized carbons (Fsp3) is 0.360. The number of benzene rings is 1. The van der Waals surface area contributed by atoms with Gasteiger partial charge >= 0.3 is 0 Å². The standard InChI is InChI=1S/C25H29ClN4O2S/c1-16-14-19(17(2)30(16)21-15-18(26)9-10-22(21)32-4)24-23(20-8-5-6-11-27-20)28-25(33)29(24)12-7-13-31-3/h5-6,8-11,14-15,23-24H,7,12-13H2,1-4H3,(H,28,33)/t23-,24+/m0/s1. The molecule has 0 spiro atoms. The van der Waals surface area contributed by atoms with Gasteiger partial charge in [-0.3, -0.25) is 4.98 Å². The maximum absolute atomic E-state index is 6.35. The van der Waals surface area contributed by atoms with Crippen molar-refractivity contribution in [3.05, 3.63) is 76.3 Å². The van der Waals surface area contributed by atoms with Crippen LogP contribution in [0.5, 0.6) is 5.75 Å². The zero-order chi connectivity index (χ0) is 23.5. The minimum atomic E-state index is -0.0588. The molecule has 0 unspecified atom stereocenters. The third-order valence-electron chi connectivity index (χ3n) is 6.12. The summed E-state index contributed by atoms with van der Waals surface area (Å²) in [6.45, 7) is 5.70. The van der Waals surface area contributed by atoms with Crippen molar-refractivity contribution in [1.29, 1.82) is 0 Å². The monoisotopic (exact) mass is 484 g/mol. The molecule has 0 aliphatic carbocycles. The zero-order valence-corrected chi connectivity index (χ0v) is 20.9. The van der Waals surface area contributed by atoms with Gasteiger partial charge in [0.2, 0.25) is 0 Å². The van der Waals surface area contributed by atoms with Crippen LogP contribution in [0.2, 0.25) is 5.02 Å². The molecule has 1 aliphatic rings. The van der Waals surface area contributed by atoms with E-state index in [0.29, 0.717) is 11.6 Å². The van der Waals surface area contributed by atoms with Crippen LogP contribution in [0, 0.1) is 13.8 Å². The molecule has 1 fully saturated rings. The Balaban J connectivity index is 1.82. The van der Waals surface area contributed by atoms with E-state index < -0.39 is 0 Å². The molecule has 1 N–H and O–H groups in total. The number of aromatic nitrogens is 2. The average molecular weight is 485 g/mol. The van der Waals surface area contributed by atoms with Crippen LogP contribution in [0.25, 0.3) is 5.69 Å². The van der Waals surface area contributed by atoms with E-state index in [1.54, 1.807) is 14.2 Å². The summed E-state index contributed by atoms with van der Waals surface area (Å²) in [7, 11) is 3.40. The van der Waals surface area contributed by atoms with Crippen molar-refractivity contribution in [1.82, 2.24) is 19.8 Å². The first kappa shape index (κ1) is 23.5. The first-order valence-corrected chi connectivity index (χ1v) is 11.7. The molecule has 0 radical (unpaired) electrons. The van der Waals surface area contributed by atoms with Crippen molar-refractivity contribution in [2.75, 3.05) is 27.4 Å². The summed E-state index contributed by atoms with van der Waals surface area (Å²) in [5.74, 6) is 0.769. The molecule has 2 aromatic heterocycles. The average Bonchev–Trinajstić information content (AvgIpc) is 3.29. The van der Waals surface area contributed by atoms with Gasteiger partial charge in [-0.25, -0.2) is 0 Å². The van der Waals surface area contributed by atoms with Crippen LogP contribution < -0.4 is 10.1 Å². The third kappa shape index (κ3) is 4.58. The number of methoxy groups -OCH3 is 2. The molecule has 3 aromatic rings. The van der Waals surface area contributed by atoms with Crippen LogP contribution in [0.1, 0.15) is 41.1 Å². The smallest absolute Gasteiger partial charge is 0.170 e. The molecule has 6 nitrogen and oxygen atoms in total. The van der Waals surface area contributed by atoms with Crippen LogP contribution in [0.3, 0.4) is 0 Å². The summed E-state index contributed by atoms with van der Waals surface area (Å²) in [6.07, 6.45) is 2.70. The topological polar surface area (TPSA) is 51.5 Å². The lowest BCUT2D eigenvalue weighted by atomic mass is 9.96. The zero-order valence-electron chi connectivity index (χ0n) is 19.3. The number of nitrogens with zero attached hydrogens (tertiary/aromatic N) is 3. The summed E-state index contributed by atoms with van der Waals surface area (Å²) in [6, 6.07) is 13.8. The maximum atomic E-state index is 6.35. The van der Waals surface area contributed by atoms with Gasteiger partial charge < -0.3 is 24.3 Å². The van der Waals surface area contributed by atoms with E-state index >= 15 is 0 Å². The van der Waals surface area contributed by atoms with Crippen molar-refractivity contribution < 1.29 is 9.47 Å². The minimum Gasteiger partial charge on any atom is -0.495 e. The lowest BCUT2D eigenvalue weighted by Gasteiger charge is -2.28. The molecule has 1 aromatic carbocycles. The second-order valence-electron chi connectivity index (χ2n) is 8.14. The fourth-order valence-electron chi connectivity index (χ4n) is 4.66. The molecular weight excluding hydrogens is 456 g/mol. The second-order valence-corrected chi connectivity index (χ2v) is 8.97. The fourth-order valence-corrected chi connectivity index (χ4v) is 5.16. The number of thiocarbonyl (C=S) groups is 1. The van der Waals surface area contributed by atoms with Gasteiger partial charge in [0, 0.05) is 42.9 Å². The number of rotatable bonds is 8. The predicted octanol–water partition coefficient (Wildman–Crippen LogP) is 5.16. The molecule has 0 amide bonds. The Labute approximate surface area is 205 Å². The molecule has 4 rings (SSSR count). The third-order valence-corrected chi connectivity index (χ3v) is 6.70. The number of hydrogen-bond acceptors (Lipinski definition) is 4. The van der Waals surface area contributed by atoms with E-state index in [2.05, 4.69) is 39.7 Å². The summed E-state index contributed by atoms with van der Waals surface area (Å²) in [5, 5.41) is 4.92. The number of ether oxygens (including phenoxy) is 2. The summed E-state index contributed by atoms with van der Waals surface area (Å²) in [4.78, 5) is 6.90. The highest BCUT2D eigenvalue weighted by Gasteiger charge is 2.41. The second kappa shape index (κ2) is 10.1. The number of pyridine rings is 1. The van der Waals surface area contributed by atoms with E-state index in [4.69, 9.17) is 33.3 Å². The number of halogens is 1. The summed E-state index contributed by atoms with van der Waals surface area (Å²) >= 11 is 12.1. The molecule has 2 atom stereocenters. The quantitative estimate of drug-likeness (QED) is 0.352. The molecule has 3 heterocycles. The SMILES string of the molecule is COCCCN1C(=S)N[C@@H](c2ccccn2)[C@H]1c1cc(C)n(-c2cc(Cl)ccc2OC)c1C. The van der Waals surface area contributed by atoms with Gasteiger partial charge in [0.15, 0.2) is 5.11 Å². The molecular formula is C25H29ClN4O2S. The van der Waals surface area contributed by atoms with Crippen LogP contribution in [0.4, 0.5) is 0 Å². The molecule has 8 heteroatoms. The highest BCUT2D eigenvalue weighted by Crippen LogP contribution is 2.42. The number of nitrogens with one attached hydrogen (secondary N) is 1. The first-order chi connectivity index (χ1) is 16.0. The number of hydrogen-bond donors (Lipinski definition) is 1. The normalized spacial score (nSPS) is 18.0. The van der Waals surface area contributed by atoms with Crippen LogP contribution in [-0.4, -0.2) is 46.9 Å². The Hall–Kier alpha value is -2.61. The minimum absolute atomic E-state index is 0.00520. The lowest BCUT2D eigenvalue weighted by molar-refractivity contribution is 0.180. The highest BCUT2D eigenvalue weighted by molar-refractivity contribution is 7.80. The molecule has 0 bridgehead atoms. The maximum Gasteiger partial charge on any atom is 0.170 e. The van der Waals surface area contributed by atoms with Crippen LogP contribution >= 0.6 is 23.8 Å². The van der Waals surface area contributed by atoms with E-state index in [0.717, 1.165) is 46.6 Å². The largest absolute Gasteiger partial charge is 0.495 e. The van der Waals surface area contributed by atoms with Crippen molar-refractivity contribution in [3.8, 4) is 11.4 Å². The Bertz CT molecular complexity index is 1130. The van der Waals surface area contributed by atoms with Crippen molar-refractivity contribution in [2.24, 2.45) is 0 Å². The van der Waals surface area contributed by atoms with E-state index in [1.165, 1.54) is 5.56 Å². The molecule has 174 valence electrons. The van der Waals surface area contributed by atoms with Gasteiger partial charge in [-0.1, -0.05) is 17.7 Å². The predicted molar refractivity (Wildman–Crippen MR) is 135 cm³/mol. The Morgan fingerprint density at radius 2 is 1.97 bits per heavy atom. The van der Waals surface area contributed by atoms with E-state index in [9.17, 15) is 0 Å². The summed E-state index contributed by atoms with van der Waals surface area (Å²) in [5.41, 5.74) is 5.28. The van der Waals surface area contributed by atoms with Crippen molar-refractivity contribution >= 4 is 28.9 Å². The van der Waals surface area contributed by atoms with Gasteiger partial charge in [-0.05, 0) is 74.4 Å². The van der Waals surface area contributed by atoms with E-state index in [1.807, 2.05) is 42.6 Å². The van der Waals surface area contributed by atoms with Crippen molar-refractivity contribution in [3.63, 3.8) is 0 Å². The number of aryl methyl sites for hydroxylation is 1. The van der Waals surface area contributed by atoms with Gasteiger partial charge in [-0.2, -0.15) is 0 Å². The highest BCUT2D eigenvalue weighted by atomic mass is 35.5. The Morgan fingerprint density at radius 1 is 1.15 bits per heavy atom. The first-order valence-electron chi connectivity index (χ1n) is 11.0. The molecule has 33 heavy (non-hydrogen) atoms. The van der Waals surface area contributed by atoms with Crippen LogP contribution in [-0.2, 0) is 4.74 Å². The molecule has 0 saturated carbocycles. The van der Waals surface area contributed by atoms with Gasteiger partial charge in [0.25, 0.3) is 0 Å². The van der Waals surface area contributed by atoms with Gasteiger partial charge in [0.1, 0.15) is 5.75 Å². The van der Waals surface area contributed by atoms with Gasteiger partial charge in [0.05, 0.1) is 30.6 Å². The van der Waals surface area contributed by atoms with Crippen molar-refractivity contribution in [2.45, 2.75) is 32.4 Å². The Kier molecular flexibility index (Phi) is 7.22. The summed E-state index contributed by atoms with van der Waals surface area (Å²) < 4.78 is 13.1. The van der Waals surface area contributed by atoms with Crippen LogP contribution in [0.15, 0.2) is 48.7 Å².